The molecule has 1 aliphatic heterocycles. The number of benzene rings is 4. The molecule has 0 unspecified atom stereocenters. The zero-order chi connectivity index (χ0) is 51.0. The minimum atomic E-state index is -1.02. The van der Waals surface area contributed by atoms with Gasteiger partial charge < -0.3 is 34.3 Å². The molecule has 73 heavy (non-hydrogen) atoms. The van der Waals surface area contributed by atoms with Gasteiger partial charge in [-0.1, -0.05) is 132 Å². The van der Waals surface area contributed by atoms with Crippen molar-refractivity contribution in [3.05, 3.63) is 177 Å². The molecule has 3 atom stereocenters. The molecule has 3 heterocycles. The molecule has 2 aromatic heterocycles. The molecule has 16 nitrogen and oxygen atoms in total. The van der Waals surface area contributed by atoms with Crippen molar-refractivity contribution in [2.24, 2.45) is 0 Å². The van der Waals surface area contributed by atoms with E-state index >= 15 is 0 Å². The molecule has 9 rings (SSSR count). The summed E-state index contributed by atoms with van der Waals surface area (Å²) < 4.78 is 32.5. The number of allylic oxidation sites excluding steroid dienone is 6. The highest BCUT2D eigenvalue weighted by atomic mass is 16.6. The maximum Gasteiger partial charge on any atom is 0.408 e. The lowest BCUT2D eigenvalue weighted by molar-refractivity contribution is -0.157. The van der Waals surface area contributed by atoms with Gasteiger partial charge in [0.05, 0.1) is 6.33 Å². The summed E-state index contributed by atoms with van der Waals surface area (Å²) in [5.74, 6) is -1.61. The molecule has 2 N–H and O–H groups in total. The topological polar surface area (TPSA) is 191 Å². The zero-order valence-corrected chi connectivity index (χ0v) is 41.2. The molecule has 3 aliphatic rings. The van der Waals surface area contributed by atoms with E-state index in [1.807, 2.05) is 110 Å². The number of hydrogen-bond acceptors (Lipinski definition) is 12. The highest BCUT2D eigenvalue weighted by Crippen LogP contribution is 2.46. The lowest BCUT2D eigenvalue weighted by Crippen LogP contribution is -2.38. The summed E-state index contributed by atoms with van der Waals surface area (Å²) in [5.41, 5.74) is 11.0. The van der Waals surface area contributed by atoms with Crippen molar-refractivity contribution < 1.29 is 42.9 Å². The van der Waals surface area contributed by atoms with E-state index in [0.29, 0.717) is 6.54 Å². The van der Waals surface area contributed by atoms with E-state index in [4.69, 9.17) is 23.7 Å². The molecular formula is C57H58N6O10. The number of nitrogens with zero attached hydrogens (tertiary/aromatic N) is 4. The van der Waals surface area contributed by atoms with Crippen molar-refractivity contribution in [3.63, 3.8) is 0 Å². The number of aromatic nitrogens is 4. The number of rotatable bonds is 18. The van der Waals surface area contributed by atoms with Crippen molar-refractivity contribution >= 4 is 35.3 Å². The number of carbonyl (C=O) groups is 4. The van der Waals surface area contributed by atoms with Gasteiger partial charge in [-0.2, -0.15) is 0 Å². The van der Waals surface area contributed by atoms with Gasteiger partial charge in [0.1, 0.15) is 44.5 Å². The van der Waals surface area contributed by atoms with Crippen LogP contribution in [0.5, 0.6) is 0 Å². The SMILES string of the molecule is CC(C)=CCCC(C)=CCCC(C)=CCn1cnc2c(ncn2[C@H]2C[C@@H](OC(=O)CNC(=O)OC3c4ccccc4-c4ccccc43)[C@@H](COC(=O)CNC(=O)OC3c4ccccc4-c4ccccc43)O2)c1=O. The Kier molecular flexibility index (Phi) is 15.4. The number of hydrogen-bond donors (Lipinski definition) is 2. The van der Waals surface area contributed by atoms with Crippen LogP contribution in [-0.2, 0) is 39.8 Å². The van der Waals surface area contributed by atoms with Gasteiger partial charge in [-0.25, -0.2) is 19.6 Å². The lowest BCUT2D eigenvalue weighted by atomic mass is 10.1. The fourth-order valence-corrected chi connectivity index (χ4v) is 9.52. The number of ether oxygens (including phenoxy) is 5. The molecule has 2 aliphatic carbocycles. The molecule has 0 bridgehead atoms. The first-order chi connectivity index (χ1) is 35.4. The van der Waals surface area contributed by atoms with Gasteiger partial charge in [0.2, 0.25) is 0 Å². The minimum Gasteiger partial charge on any atom is -0.461 e. The van der Waals surface area contributed by atoms with Gasteiger partial charge in [0, 0.05) is 35.2 Å². The third kappa shape index (κ3) is 11.5. The van der Waals surface area contributed by atoms with Crippen molar-refractivity contribution in [2.75, 3.05) is 19.7 Å². The average Bonchev–Trinajstić information content (AvgIpc) is 4.16. The van der Waals surface area contributed by atoms with Crippen LogP contribution in [0.4, 0.5) is 9.59 Å². The number of alkyl carbamates (subject to hydrolysis) is 2. The highest BCUT2D eigenvalue weighted by Gasteiger charge is 2.41. The number of imidazole rings is 1. The summed E-state index contributed by atoms with van der Waals surface area (Å²) in [7, 11) is 0. The van der Waals surface area contributed by atoms with Crippen molar-refractivity contribution in [2.45, 2.75) is 97.0 Å². The van der Waals surface area contributed by atoms with Gasteiger partial charge in [0.15, 0.2) is 23.4 Å². The van der Waals surface area contributed by atoms with E-state index < -0.39 is 67.9 Å². The lowest BCUT2D eigenvalue weighted by Gasteiger charge is -2.20. The van der Waals surface area contributed by atoms with E-state index in [9.17, 15) is 24.0 Å². The number of nitrogens with one attached hydrogen (secondary N) is 2. The van der Waals surface area contributed by atoms with Crippen LogP contribution < -0.4 is 16.2 Å². The van der Waals surface area contributed by atoms with Gasteiger partial charge >= 0.3 is 24.1 Å². The summed E-state index contributed by atoms with van der Waals surface area (Å²) in [6, 6.07) is 30.6. The Morgan fingerprint density at radius 2 is 1.15 bits per heavy atom. The van der Waals surface area contributed by atoms with Gasteiger partial charge in [0.25, 0.3) is 5.56 Å². The van der Waals surface area contributed by atoms with Crippen LogP contribution in [-0.4, -0.2) is 75.1 Å². The third-order valence-corrected chi connectivity index (χ3v) is 13.2. The molecule has 0 radical (unpaired) electrons. The van der Waals surface area contributed by atoms with Crippen LogP contribution in [0.25, 0.3) is 33.4 Å². The van der Waals surface area contributed by atoms with E-state index in [0.717, 1.165) is 75.8 Å². The Labute approximate surface area is 422 Å². The van der Waals surface area contributed by atoms with E-state index in [2.05, 4.69) is 53.5 Å². The zero-order valence-electron chi connectivity index (χ0n) is 41.2. The van der Waals surface area contributed by atoms with E-state index in [1.54, 1.807) is 4.57 Å². The Balaban J connectivity index is 0.835. The number of esters is 2. The Morgan fingerprint density at radius 3 is 1.70 bits per heavy atom. The predicted octanol–water partition coefficient (Wildman–Crippen LogP) is 9.75. The molecule has 16 heteroatoms. The molecule has 0 saturated carbocycles. The first-order valence-corrected chi connectivity index (χ1v) is 24.5. The third-order valence-electron chi connectivity index (χ3n) is 13.2. The minimum absolute atomic E-state index is 0.0456. The van der Waals surface area contributed by atoms with E-state index in [1.165, 1.54) is 28.4 Å². The summed E-state index contributed by atoms with van der Waals surface area (Å²) in [6.07, 6.45) is 7.42. The summed E-state index contributed by atoms with van der Waals surface area (Å²) in [4.78, 5) is 75.5. The van der Waals surface area contributed by atoms with Crippen LogP contribution in [0, 0.1) is 0 Å². The Bertz CT molecular complexity index is 3110. The average molecular weight is 987 g/mol. The summed E-state index contributed by atoms with van der Waals surface area (Å²) in [6.45, 7) is 7.28. The van der Waals surface area contributed by atoms with Crippen LogP contribution in [0.15, 0.2) is 149 Å². The molecule has 376 valence electrons. The molecule has 6 aromatic rings. The molecule has 0 spiro atoms. The van der Waals surface area contributed by atoms with Gasteiger partial charge in [-0.15, -0.1) is 0 Å². The Hall–Kier alpha value is -8.11. The largest absolute Gasteiger partial charge is 0.461 e. The second-order valence-corrected chi connectivity index (χ2v) is 18.7. The molecule has 2 amide bonds. The number of amides is 2. The van der Waals surface area contributed by atoms with Crippen LogP contribution in [0.3, 0.4) is 0 Å². The smallest absolute Gasteiger partial charge is 0.408 e. The summed E-state index contributed by atoms with van der Waals surface area (Å²) >= 11 is 0. The molecular weight excluding hydrogens is 929 g/mol. The van der Waals surface area contributed by atoms with Crippen molar-refractivity contribution in [1.29, 1.82) is 0 Å². The standard InChI is InChI=1S/C57H58N6O10/c1-35(2)15-13-16-36(3)17-14-18-37(4)27-28-62-33-61-54-51(55(62)66)60-34-63(54)48-29-46(71-50(65)31-59-57(68)73-53-44-25-11-7-21-40(44)41-22-8-12-26-45(41)53)47(70-48)32-69-49(64)30-58-56(67)72-52-42-23-9-5-19-38(42)39-20-6-10-24-43(39)52/h5-12,15,17,19-27,33-34,46-48,52-53H,13-14,16,18,28-32H2,1-4H3,(H,58,67)(H,59,68)/t46-,47-,48-/m1/s1. The molecule has 1 fully saturated rings. The maximum atomic E-state index is 13.7. The fourth-order valence-electron chi connectivity index (χ4n) is 9.52. The first kappa shape index (κ1) is 49.9. The maximum absolute atomic E-state index is 13.7. The number of carbonyl (C=O) groups excluding carboxylic acids is 4. The van der Waals surface area contributed by atoms with Crippen molar-refractivity contribution in [3.8, 4) is 22.3 Å². The van der Waals surface area contributed by atoms with Crippen LogP contribution >= 0.6 is 0 Å². The van der Waals surface area contributed by atoms with E-state index in [-0.39, 0.29) is 29.8 Å². The molecule has 1 saturated heterocycles. The second kappa shape index (κ2) is 22.5. The fraction of sp³-hybridized carbons (Fsp3) is 0.316. The predicted molar refractivity (Wildman–Crippen MR) is 273 cm³/mol. The highest BCUT2D eigenvalue weighted by molar-refractivity contribution is 5.83. The quantitative estimate of drug-likeness (QED) is 0.0472. The van der Waals surface area contributed by atoms with Crippen LogP contribution in [0.2, 0.25) is 0 Å². The monoisotopic (exact) mass is 986 g/mol. The number of fused-ring (bicyclic) bond motifs is 7. The van der Waals surface area contributed by atoms with Gasteiger partial charge in [-0.3, -0.25) is 23.5 Å². The van der Waals surface area contributed by atoms with Gasteiger partial charge in [-0.05, 0) is 75.6 Å². The Morgan fingerprint density at radius 1 is 0.644 bits per heavy atom. The second-order valence-electron chi connectivity index (χ2n) is 18.7. The summed E-state index contributed by atoms with van der Waals surface area (Å²) in [5, 5.41) is 4.98. The first-order valence-electron chi connectivity index (χ1n) is 24.5. The molecule has 4 aromatic carbocycles. The van der Waals surface area contributed by atoms with Crippen LogP contribution in [0.1, 0.15) is 100 Å². The van der Waals surface area contributed by atoms with Crippen molar-refractivity contribution in [1.82, 2.24) is 29.7 Å². The normalized spacial score (nSPS) is 17.0.